The van der Waals surface area contributed by atoms with Crippen LogP contribution in [0.4, 0.5) is 5.82 Å². The van der Waals surface area contributed by atoms with Gasteiger partial charge in [0.1, 0.15) is 12.1 Å². The second-order valence-corrected chi connectivity index (χ2v) is 3.68. The Morgan fingerprint density at radius 3 is 2.62 bits per heavy atom. The van der Waals surface area contributed by atoms with E-state index in [-0.39, 0.29) is 13.2 Å². The summed E-state index contributed by atoms with van der Waals surface area (Å²) in [7, 11) is 0. The Labute approximate surface area is 94.3 Å². The molecule has 0 unspecified atom stereocenters. The number of nitrogens with one attached hydrogen (secondary N) is 1. The third-order valence-electron chi connectivity index (χ3n) is 2.06. The first-order chi connectivity index (χ1) is 7.63. The van der Waals surface area contributed by atoms with Gasteiger partial charge in [0.25, 0.3) is 0 Å². The smallest absolute Gasteiger partial charge is 0.218 e. The third-order valence-corrected chi connectivity index (χ3v) is 2.06. The van der Waals surface area contributed by atoms with Crippen LogP contribution in [-0.2, 0) is 0 Å². The van der Waals surface area contributed by atoms with E-state index in [0.29, 0.717) is 18.3 Å². The molecule has 6 nitrogen and oxygen atoms in total. The number of hydrogen-bond acceptors (Lipinski definition) is 6. The average Bonchev–Trinajstić information content (AvgIpc) is 2.30. The number of ether oxygens (including phenoxy) is 1. The topological polar surface area (TPSA) is 87.5 Å². The van der Waals surface area contributed by atoms with Crippen LogP contribution in [0.25, 0.3) is 0 Å². The maximum atomic E-state index is 9.12. The van der Waals surface area contributed by atoms with Crippen molar-refractivity contribution in [3.63, 3.8) is 0 Å². The summed E-state index contributed by atoms with van der Waals surface area (Å²) in [6.07, 6.45) is 1.36. The minimum absolute atomic E-state index is 0.197. The van der Waals surface area contributed by atoms with Crippen molar-refractivity contribution >= 4 is 5.82 Å². The zero-order valence-electron chi connectivity index (χ0n) is 9.47. The first kappa shape index (κ1) is 12.7. The molecule has 16 heavy (non-hydrogen) atoms. The Bertz CT molecular complexity index is 329. The number of rotatable bonds is 6. The molecule has 0 aliphatic carbocycles. The molecule has 0 fully saturated rings. The molecule has 0 bridgehead atoms. The molecule has 90 valence electrons. The van der Waals surface area contributed by atoms with E-state index >= 15 is 0 Å². The molecule has 1 heterocycles. The first-order valence-corrected chi connectivity index (χ1v) is 5.08. The molecule has 0 saturated carbocycles. The predicted molar refractivity (Wildman–Crippen MR) is 59.4 cm³/mol. The Morgan fingerprint density at radius 2 is 2.06 bits per heavy atom. The lowest BCUT2D eigenvalue weighted by atomic mass is 10.1. The van der Waals surface area contributed by atoms with Gasteiger partial charge in [0.2, 0.25) is 5.88 Å². The molecule has 0 aromatic carbocycles. The minimum Gasteiger partial charge on any atom is -0.478 e. The van der Waals surface area contributed by atoms with Crippen LogP contribution < -0.4 is 10.1 Å². The van der Waals surface area contributed by atoms with Crippen LogP contribution in [0.5, 0.6) is 5.88 Å². The standard InChI is InChI=1S/C10H17N3O3/c1-3-16-9-4-8(11-7-12-9)13-10(2,5-14)6-15/h4,7,14-15H,3,5-6H2,1-2H3,(H,11,12,13). The Balaban J connectivity index is 2.76. The van der Waals surface area contributed by atoms with E-state index in [0.717, 1.165) is 0 Å². The van der Waals surface area contributed by atoms with Crippen LogP contribution in [0.2, 0.25) is 0 Å². The van der Waals surface area contributed by atoms with Gasteiger partial charge < -0.3 is 20.3 Å². The quantitative estimate of drug-likeness (QED) is 0.635. The van der Waals surface area contributed by atoms with Crippen molar-refractivity contribution in [1.29, 1.82) is 0 Å². The van der Waals surface area contributed by atoms with Gasteiger partial charge in [-0.15, -0.1) is 0 Å². The lowest BCUT2D eigenvalue weighted by Gasteiger charge is -2.26. The molecule has 0 radical (unpaired) electrons. The molecule has 0 amide bonds. The van der Waals surface area contributed by atoms with Crippen molar-refractivity contribution in [2.24, 2.45) is 0 Å². The molecular formula is C10H17N3O3. The summed E-state index contributed by atoms with van der Waals surface area (Å²) >= 11 is 0. The summed E-state index contributed by atoms with van der Waals surface area (Å²) in [5.74, 6) is 0.960. The number of aliphatic hydroxyl groups excluding tert-OH is 2. The van der Waals surface area contributed by atoms with E-state index in [1.54, 1.807) is 13.0 Å². The van der Waals surface area contributed by atoms with Gasteiger partial charge in [-0.1, -0.05) is 0 Å². The van der Waals surface area contributed by atoms with Crippen LogP contribution in [0, 0.1) is 0 Å². The van der Waals surface area contributed by atoms with Gasteiger partial charge in [0.05, 0.1) is 25.4 Å². The summed E-state index contributed by atoms with van der Waals surface area (Å²) in [6, 6.07) is 1.62. The van der Waals surface area contributed by atoms with Crippen LogP contribution in [0.1, 0.15) is 13.8 Å². The molecule has 1 aromatic rings. The highest BCUT2D eigenvalue weighted by Gasteiger charge is 2.22. The number of aliphatic hydroxyl groups is 2. The molecule has 0 aliphatic rings. The van der Waals surface area contributed by atoms with Gasteiger partial charge >= 0.3 is 0 Å². The van der Waals surface area contributed by atoms with Crippen molar-refractivity contribution < 1.29 is 14.9 Å². The fourth-order valence-corrected chi connectivity index (χ4v) is 1.07. The van der Waals surface area contributed by atoms with E-state index < -0.39 is 5.54 Å². The summed E-state index contributed by atoms with van der Waals surface area (Å²) in [5.41, 5.74) is -0.808. The normalized spacial score (nSPS) is 11.2. The number of hydrogen-bond donors (Lipinski definition) is 3. The summed E-state index contributed by atoms with van der Waals surface area (Å²) in [4.78, 5) is 7.89. The van der Waals surface area contributed by atoms with Crippen molar-refractivity contribution in [2.45, 2.75) is 19.4 Å². The second-order valence-electron chi connectivity index (χ2n) is 3.68. The fourth-order valence-electron chi connectivity index (χ4n) is 1.07. The van der Waals surface area contributed by atoms with Crippen molar-refractivity contribution in [3.8, 4) is 5.88 Å². The molecule has 0 saturated heterocycles. The van der Waals surface area contributed by atoms with Crippen molar-refractivity contribution in [2.75, 3.05) is 25.1 Å². The number of anilines is 1. The summed E-state index contributed by atoms with van der Waals surface area (Å²) in [6.45, 7) is 3.68. The lowest BCUT2D eigenvalue weighted by Crippen LogP contribution is -2.42. The van der Waals surface area contributed by atoms with Gasteiger partial charge in [0, 0.05) is 6.07 Å². The molecule has 6 heteroatoms. The summed E-state index contributed by atoms with van der Waals surface area (Å²) < 4.78 is 5.21. The first-order valence-electron chi connectivity index (χ1n) is 5.08. The van der Waals surface area contributed by atoms with Crippen molar-refractivity contribution in [1.82, 2.24) is 9.97 Å². The average molecular weight is 227 g/mol. The minimum atomic E-state index is -0.808. The third kappa shape index (κ3) is 3.32. The van der Waals surface area contributed by atoms with Crippen LogP contribution >= 0.6 is 0 Å². The molecule has 3 N–H and O–H groups in total. The van der Waals surface area contributed by atoms with Gasteiger partial charge in [-0.2, -0.15) is 0 Å². The molecule has 0 spiro atoms. The molecular weight excluding hydrogens is 210 g/mol. The number of aromatic nitrogens is 2. The van der Waals surface area contributed by atoms with Crippen LogP contribution in [-0.4, -0.2) is 45.5 Å². The molecule has 1 aromatic heterocycles. The zero-order chi connectivity index (χ0) is 12.0. The van der Waals surface area contributed by atoms with E-state index in [1.165, 1.54) is 6.33 Å². The van der Waals surface area contributed by atoms with E-state index in [4.69, 9.17) is 14.9 Å². The predicted octanol–water partition coefficient (Wildman–Crippen LogP) is 0.0305. The monoisotopic (exact) mass is 227 g/mol. The van der Waals surface area contributed by atoms with Gasteiger partial charge in [0.15, 0.2) is 0 Å². The zero-order valence-corrected chi connectivity index (χ0v) is 9.47. The van der Waals surface area contributed by atoms with Gasteiger partial charge in [-0.3, -0.25) is 0 Å². The highest BCUT2D eigenvalue weighted by atomic mass is 16.5. The van der Waals surface area contributed by atoms with E-state index in [9.17, 15) is 0 Å². The highest BCUT2D eigenvalue weighted by molar-refractivity contribution is 5.40. The van der Waals surface area contributed by atoms with Crippen LogP contribution in [0.3, 0.4) is 0 Å². The largest absolute Gasteiger partial charge is 0.478 e. The molecule has 0 aliphatic heterocycles. The van der Waals surface area contributed by atoms with E-state index in [2.05, 4.69) is 15.3 Å². The molecule has 1 rings (SSSR count). The Hall–Kier alpha value is -1.40. The Kier molecular flexibility index (Phi) is 4.45. The van der Waals surface area contributed by atoms with Crippen molar-refractivity contribution in [3.05, 3.63) is 12.4 Å². The summed E-state index contributed by atoms with van der Waals surface area (Å²) in [5, 5.41) is 21.2. The van der Waals surface area contributed by atoms with E-state index in [1.807, 2.05) is 6.92 Å². The fraction of sp³-hybridized carbons (Fsp3) is 0.600. The number of nitrogens with zero attached hydrogens (tertiary/aromatic N) is 2. The van der Waals surface area contributed by atoms with Gasteiger partial charge in [-0.25, -0.2) is 9.97 Å². The maximum Gasteiger partial charge on any atom is 0.218 e. The SMILES string of the molecule is CCOc1cc(NC(C)(CO)CO)ncn1. The highest BCUT2D eigenvalue weighted by Crippen LogP contribution is 2.15. The van der Waals surface area contributed by atoms with Crippen LogP contribution in [0.15, 0.2) is 12.4 Å². The molecule has 0 atom stereocenters. The lowest BCUT2D eigenvalue weighted by molar-refractivity contribution is 0.147. The second kappa shape index (κ2) is 5.62. The van der Waals surface area contributed by atoms with Gasteiger partial charge in [-0.05, 0) is 13.8 Å². The Morgan fingerprint density at radius 1 is 1.38 bits per heavy atom. The maximum absolute atomic E-state index is 9.12.